The van der Waals surface area contributed by atoms with Gasteiger partial charge < -0.3 is 0 Å². The summed E-state index contributed by atoms with van der Waals surface area (Å²) in [5, 5.41) is 9.99. The first-order valence-corrected chi connectivity index (χ1v) is 22.0. The third-order valence-corrected chi connectivity index (χ3v) is 15.8. The fraction of sp³-hybridized carbons (Fsp3) is 0. The highest BCUT2D eigenvalue weighted by molar-refractivity contribution is 8.34. The molecule has 11 aromatic rings. The second-order valence-corrected chi connectivity index (χ2v) is 18.3. The standard InChI is InChI=1S/C58H40S/c1-4-24-47(25-5-1)59(48-26-6-2-7-27-48,49-28-8-3-9-29-49)50-36-37-55-56(40-50)58(52-33-17-21-42-19-12-13-30-51(42)52)54-32-15-14-31-53(54)57(55)46-23-16-22-44(39-46)45-35-34-41-18-10-11-20-43(41)38-45/h1-40H. The Hall–Kier alpha value is -7.19. The van der Waals surface area contributed by atoms with Gasteiger partial charge in [0.1, 0.15) is 0 Å². The molecule has 0 saturated carbocycles. The van der Waals surface area contributed by atoms with Gasteiger partial charge in [-0.25, -0.2) is 0 Å². The van der Waals surface area contributed by atoms with Crippen molar-refractivity contribution in [2.24, 2.45) is 0 Å². The van der Waals surface area contributed by atoms with E-state index in [9.17, 15) is 0 Å². The molecule has 0 atom stereocenters. The quantitative estimate of drug-likeness (QED) is 0.142. The van der Waals surface area contributed by atoms with Gasteiger partial charge in [-0.2, -0.15) is 0 Å². The Balaban J connectivity index is 1.27. The van der Waals surface area contributed by atoms with Crippen molar-refractivity contribution in [1.82, 2.24) is 0 Å². The smallest absolute Gasteiger partial charge is 0.00295 e. The third-order valence-electron chi connectivity index (χ3n) is 11.9. The molecule has 1 heteroatoms. The van der Waals surface area contributed by atoms with Crippen molar-refractivity contribution in [3.8, 4) is 33.4 Å². The largest absolute Gasteiger partial charge is 0.133 e. The SMILES string of the molecule is c1ccc(S(c2ccccc2)(c2ccccc2)c2ccc3c(-c4cccc(-c5ccc6ccccc6c5)c4)c4ccccc4c(-c4cccc5ccccc45)c3c2)cc1. The highest BCUT2D eigenvalue weighted by Crippen LogP contribution is 2.73. The Kier molecular flexibility index (Phi) is 8.68. The molecule has 0 saturated heterocycles. The average Bonchev–Trinajstić information content (AvgIpc) is 3.32. The van der Waals surface area contributed by atoms with E-state index < -0.39 is 10.0 Å². The summed E-state index contributed by atoms with van der Waals surface area (Å²) in [6, 6.07) is 90.2. The molecule has 11 aromatic carbocycles. The van der Waals surface area contributed by atoms with Crippen LogP contribution >= 0.6 is 10.0 Å². The molecule has 278 valence electrons. The second-order valence-electron chi connectivity index (χ2n) is 15.2. The number of hydrogen-bond acceptors (Lipinski definition) is 0. The van der Waals surface area contributed by atoms with Crippen molar-refractivity contribution in [2.75, 3.05) is 0 Å². The molecule has 0 aliphatic rings. The predicted octanol–water partition coefficient (Wildman–Crippen LogP) is 16.6. The van der Waals surface area contributed by atoms with E-state index in [1.54, 1.807) is 0 Å². The minimum Gasteiger partial charge on any atom is -0.133 e. The van der Waals surface area contributed by atoms with Gasteiger partial charge in [-0.1, -0.05) is 182 Å². The summed E-state index contributed by atoms with van der Waals surface area (Å²) in [6.07, 6.45) is 0. The van der Waals surface area contributed by atoms with E-state index in [0.29, 0.717) is 0 Å². The van der Waals surface area contributed by atoms with Crippen molar-refractivity contribution in [2.45, 2.75) is 19.6 Å². The highest BCUT2D eigenvalue weighted by atomic mass is 32.3. The topological polar surface area (TPSA) is 0 Å². The van der Waals surface area contributed by atoms with Crippen LogP contribution in [0.25, 0.3) is 76.5 Å². The van der Waals surface area contributed by atoms with Crippen LogP contribution in [0.2, 0.25) is 0 Å². The molecular weight excluding hydrogens is 729 g/mol. The van der Waals surface area contributed by atoms with Crippen molar-refractivity contribution in [3.63, 3.8) is 0 Å². The first kappa shape index (κ1) is 35.0. The molecule has 0 unspecified atom stereocenters. The lowest BCUT2D eigenvalue weighted by Gasteiger charge is -2.42. The van der Waals surface area contributed by atoms with Crippen LogP contribution in [0.15, 0.2) is 262 Å². The van der Waals surface area contributed by atoms with E-state index in [-0.39, 0.29) is 0 Å². The zero-order valence-electron chi connectivity index (χ0n) is 32.5. The Morgan fingerprint density at radius 3 is 1.39 bits per heavy atom. The molecule has 0 aliphatic carbocycles. The van der Waals surface area contributed by atoms with Crippen LogP contribution in [0, 0.1) is 0 Å². The summed E-state index contributed by atoms with van der Waals surface area (Å²) in [5.41, 5.74) is 7.41. The Labute approximate surface area is 347 Å². The van der Waals surface area contributed by atoms with Gasteiger partial charge in [0.2, 0.25) is 0 Å². The summed E-state index contributed by atoms with van der Waals surface area (Å²) < 4.78 is 0. The summed E-state index contributed by atoms with van der Waals surface area (Å²) >= 11 is 0. The monoisotopic (exact) mass is 768 g/mol. The molecule has 0 aliphatic heterocycles. The van der Waals surface area contributed by atoms with Gasteiger partial charge in [0, 0.05) is 19.6 Å². The Bertz CT molecular complexity index is 3210. The van der Waals surface area contributed by atoms with Crippen LogP contribution in [-0.2, 0) is 0 Å². The lowest BCUT2D eigenvalue weighted by molar-refractivity contribution is 1.25. The number of fused-ring (bicyclic) bond motifs is 4. The van der Waals surface area contributed by atoms with E-state index in [2.05, 4.69) is 243 Å². The second kappa shape index (κ2) is 14.6. The average molecular weight is 769 g/mol. The summed E-state index contributed by atoms with van der Waals surface area (Å²) in [5.74, 6) is 0. The van der Waals surface area contributed by atoms with E-state index in [0.717, 1.165) is 0 Å². The first-order chi connectivity index (χ1) is 29.3. The van der Waals surface area contributed by atoms with Crippen LogP contribution in [0.4, 0.5) is 0 Å². The molecule has 0 N–H and O–H groups in total. The normalized spacial score (nSPS) is 12.0. The highest BCUT2D eigenvalue weighted by Gasteiger charge is 2.34. The van der Waals surface area contributed by atoms with E-state index in [1.165, 1.54) is 96.1 Å². The zero-order chi connectivity index (χ0) is 39.2. The van der Waals surface area contributed by atoms with E-state index in [4.69, 9.17) is 0 Å². The molecule has 0 heterocycles. The maximum absolute atomic E-state index is 2.55. The fourth-order valence-corrected chi connectivity index (χ4v) is 13.2. The van der Waals surface area contributed by atoms with Gasteiger partial charge >= 0.3 is 0 Å². The van der Waals surface area contributed by atoms with Crippen molar-refractivity contribution in [3.05, 3.63) is 243 Å². The molecule has 0 nitrogen and oxygen atoms in total. The van der Waals surface area contributed by atoms with Crippen molar-refractivity contribution >= 4 is 53.1 Å². The number of benzene rings is 11. The lowest BCUT2D eigenvalue weighted by Crippen LogP contribution is -2.05. The molecule has 0 aromatic heterocycles. The minimum absolute atomic E-state index is 1.21. The van der Waals surface area contributed by atoms with E-state index >= 15 is 0 Å². The van der Waals surface area contributed by atoms with Crippen LogP contribution in [0.1, 0.15) is 0 Å². The maximum Gasteiger partial charge on any atom is 0.00295 e. The molecule has 59 heavy (non-hydrogen) atoms. The van der Waals surface area contributed by atoms with Crippen LogP contribution in [0.3, 0.4) is 0 Å². The van der Waals surface area contributed by atoms with Gasteiger partial charge in [-0.3, -0.25) is 0 Å². The molecule has 0 amide bonds. The summed E-state index contributed by atoms with van der Waals surface area (Å²) in [4.78, 5) is 5.24. The zero-order valence-corrected chi connectivity index (χ0v) is 33.3. The summed E-state index contributed by atoms with van der Waals surface area (Å²) in [6.45, 7) is 0. The lowest BCUT2D eigenvalue weighted by atomic mass is 9.84. The number of hydrogen-bond donors (Lipinski definition) is 0. The van der Waals surface area contributed by atoms with Crippen LogP contribution in [0.5, 0.6) is 0 Å². The van der Waals surface area contributed by atoms with Gasteiger partial charge in [-0.15, -0.1) is 10.0 Å². The molecular formula is C58H40S. The van der Waals surface area contributed by atoms with Crippen LogP contribution < -0.4 is 0 Å². The van der Waals surface area contributed by atoms with Crippen molar-refractivity contribution < 1.29 is 0 Å². The minimum atomic E-state index is -1.94. The van der Waals surface area contributed by atoms with Crippen LogP contribution in [-0.4, -0.2) is 0 Å². The molecule has 0 spiro atoms. The Morgan fingerprint density at radius 2 is 0.712 bits per heavy atom. The maximum atomic E-state index is 2.55. The Morgan fingerprint density at radius 1 is 0.220 bits per heavy atom. The van der Waals surface area contributed by atoms with Crippen molar-refractivity contribution in [1.29, 1.82) is 0 Å². The fourth-order valence-electron chi connectivity index (χ4n) is 9.31. The van der Waals surface area contributed by atoms with Gasteiger partial charge in [0.15, 0.2) is 0 Å². The molecule has 0 bridgehead atoms. The van der Waals surface area contributed by atoms with Gasteiger partial charge in [0.05, 0.1) is 0 Å². The van der Waals surface area contributed by atoms with E-state index in [1.807, 2.05) is 0 Å². The molecule has 0 radical (unpaired) electrons. The molecule has 0 fully saturated rings. The third kappa shape index (κ3) is 5.85. The van der Waals surface area contributed by atoms with Gasteiger partial charge in [0.25, 0.3) is 0 Å². The summed E-state index contributed by atoms with van der Waals surface area (Å²) in [7, 11) is -1.94. The number of rotatable bonds is 7. The van der Waals surface area contributed by atoms with Gasteiger partial charge in [-0.05, 0) is 137 Å². The first-order valence-electron chi connectivity index (χ1n) is 20.3. The molecule has 11 rings (SSSR count). The predicted molar refractivity (Wildman–Crippen MR) is 253 cm³/mol.